The Bertz CT molecular complexity index is 430. The molecule has 5 heteroatoms. The van der Waals surface area contributed by atoms with Gasteiger partial charge in [-0.1, -0.05) is 30.3 Å². The zero-order valence-electron chi connectivity index (χ0n) is 11.5. The van der Waals surface area contributed by atoms with Crippen molar-refractivity contribution in [3.05, 3.63) is 35.9 Å². The van der Waals surface area contributed by atoms with Gasteiger partial charge >= 0.3 is 0 Å². The molecule has 1 heterocycles. The van der Waals surface area contributed by atoms with Gasteiger partial charge in [0.05, 0.1) is 18.2 Å². The Morgan fingerprint density at radius 2 is 2.00 bits per heavy atom. The van der Waals surface area contributed by atoms with E-state index in [2.05, 4.69) is 5.32 Å². The third-order valence-electron chi connectivity index (χ3n) is 3.78. The fourth-order valence-electron chi connectivity index (χ4n) is 2.40. The van der Waals surface area contributed by atoms with Crippen molar-refractivity contribution in [3.8, 4) is 0 Å². The largest absolute Gasteiger partial charge is 0.394 e. The number of carbonyl (C=O) groups is 1. The number of benzene rings is 1. The Balaban J connectivity index is 1.93. The maximum atomic E-state index is 12.2. The van der Waals surface area contributed by atoms with E-state index < -0.39 is 11.6 Å². The summed E-state index contributed by atoms with van der Waals surface area (Å²) in [4.78, 5) is 12.2. The smallest absolute Gasteiger partial charge is 0.237 e. The van der Waals surface area contributed by atoms with Crippen LogP contribution in [0, 0.1) is 0 Å². The molecule has 1 aliphatic heterocycles. The van der Waals surface area contributed by atoms with Crippen molar-refractivity contribution in [3.63, 3.8) is 0 Å². The van der Waals surface area contributed by atoms with E-state index in [1.54, 1.807) is 0 Å². The first kappa shape index (κ1) is 15.0. The van der Waals surface area contributed by atoms with Gasteiger partial charge in [0.15, 0.2) is 0 Å². The lowest BCUT2D eigenvalue weighted by Gasteiger charge is -2.37. The van der Waals surface area contributed by atoms with Gasteiger partial charge in [-0.15, -0.1) is 0 Å². The fourth-order valence-corrected chi connectivity index (χ4v) is 2.40. The van der Waals surface area contributed by atoms with Crippen molar-refractivity contribution < 1.29 is 14.6 Å². The average Bonchev–Trinajstić information content (AvgIpc) is 2.49. The Kier molecular flexibility index (Phi) is 5.11. The molecule has 0 bridgehead atoms. The van der Waals surface area contributed by atoms with Gasteiger partial charge in [0, 0.05) is 13.2 Å². The molecule has 1 aromatic rings. The van der Waals surface area contributed by atoms with Gasteiger partial charge < -0.3 is 20.9 Å². The molecule has 5 nitrogen and oxygen atoms in total. The molecule has 20 heavy (non-hydrogen) atoms. The first-order chi connectivity index (χ1) is 9.65. The molecule has 0 spiro atoms. The van der Waals surface area contributed by atoms with Crippen LogP contribution in [-0.4, -0.2) is 42.4 Å². The number of hydrogen-bond donors (Lipinski definition) is 3. The molecule has 0 aliphatic carbocycles. The first-order valence-corrected chi connectivity index (χ1v) is 6.95. The topological polar surface area (TPSA) is 84.6 Å². The highest BCUT2D eigenvalue weighted by Crippen LogP contribution is 2.20. The van der Waals surface area contributed by atoms with Crippen LogP contribution < -0.4 is 11.1 Å². The van der Waals surface area contributed by atoms with Gasteiger partial charge in [-0.05, 0) is 24.8 Å². The molecule has 2 rings (SSSR count). The monoisotopic (exact) mass is 278 g/mol. The van der Waals surface area contributed by atoms with Crippen molar-refractivity contribution in [2.24, 2.45) is 5.73 Å². The summed E-state index contributed by atoms with van der Waals surface area (Å²) >= 11 is 0. The van der Waals surface area contributed by atoms with Crippen LogP contribution in [0.3, 0.4) is 0 Å². The minimum Gasteiger partial charge on any atom is -0.394 e. The summed E-state index contributed by atoms with van der Waals surface area (Å²) in [5.74, 6) is -0.218. The standard InChI is InChI=1S/C15H22N2O3/c16-13(10-12-4-2-1-3-5-12)14(19)17-15(11-18)6-8-20-9-7-15/h1-5,13,18H,6-11,16H2,(H,17,19)/t13-/m0/s1. The van der Waals surface area contributed by atoms with Crippen LogP contribution in [0.15, 0.2) is 30.3 Å². The van der Waals surface area contributed by atoms with Crippen molar-refractivity contribution in [1.29, 1.82) is 0 Å². The number of carbonyl (C=O) groups excluding carboxylic acids is 1. The number of amides is 1. The van der Waals surface area contributed by atoms with E-state index in [-0.39, 0.29) is 12.5 Å². The van der Waals surface area contributed by atoms with E-state index in [1.807, 2.05) is 30.3 Å². The second-order valence-electron chi connectivity index (χ2n) is 5.34. The molecule has 4 N–H and O–H groups in total. The second-order valence-corrected chi connectivity index (χ2v) is 5.34. The van der Waals surface area contributed by atoms with Crippen LogP contribution in [0.1, 0.15) is 18.4 Å². The molecule has 110 valence electrons. The Labute approximate surface area is 119 Å². The highest BCUT2D eigenvalue weighted by molar-refractivity contribution is 5.82. The van der Waals surface area contributed by atoms with E-state index >= 15 is 0 Å². The number of rotatable bonds is 5. The molecule has 0 saturated carbocycles. The van der Waals surface area contributed by atoms with Gasteiger partial charge in [-0.3, -0.25) is 4.79 Å². The number of nitrogens with one attached hydrogen (secondary N) is 1. The molecule has 1 atom stereocenters. The van der Waals surface area contributed by atoms with Crippen LogP contribution in [-0.2, 0) is 16.0 Å². The second kappa shape index (κ2) is 6.83. The Hall–Kier alpha value is -1.43. The average molecular weight is 278 g/mol. The minimum absolute atomic E-state index is 0.0832. The van der Waals surface area contributed by atoms with E-state index in [0.29, 0.717) is 32.5 Å². The van der Waals surface area contributed by atoms with Crippen molar-refractivity contribution in [2.75, 3.05) is 19.8 Å². The lowest BCUT2D eigenvalue weighted by molar-refractivity contribution is -0.126. The number of aliphatic hydroxyl groups excluding tert-OH is 1. The van der Waals surface area contributed by atoms with Gasteiger partial charge in [0.1, 0.15) is 0 Å². The summed E-state index contributed by atoms with van der Waals surface area (Å²) in [7, 11) is 0. The Morgan fingerprint density at radius 3 is 2.60 bits per heavy atom. The normalized spacial score (nSPS) is 19.3. The van der Waals surface area contributed by atoms with Crippen LogP contribution in [0.4, 0.5) is 0 Å². The summed E-state index contributed by atoms with van der Waals surface area (Å²) < 4.78 is 5.27. The summed E-state index contributed by atoms with van der Waals surface area (Å²) in [5, 5.41) is 12.5. The maximum absolute atomic E-state index is 12.2. The third-order valence-corrected chi connectivity index (χ3v) is 3.78. The van der Waals surface area contributed by atoms with Crippen molar-refractivity contribution >= 4 is 5.91 Å². The highest BCUT2D eigenvalue weighted by atomic mass is 16.5. The van der Waals surface area contributed by atoms with E-state index in [9.17, 15) is 9.90 Å². The molecular weight excluding hydrogens is 256 g/mol. The van der Waals surface area contributed by atoms with Crippen LogP contribution in [0.2, 0.25) is 0 Å². The van der Waals surface area contributed by atoms with E-state index in [0.717, 1.165) is 5.56 Å². The lowest BCUT2D eigenvalue weighted by atomic mass is 9.90. The van der Waals surface area contributed by atoms with Gasteiger partial charge in [-0.2, -0.15) is 0 Å². The van der Waals surface area contributed by atoms with E-state index in [1.165, 1.54) is 0 Å². The van der Waals surface area contributed by atoms with Gasteiger partial charge in [0.2, 0.25) is 5.91 Å². The number of ether oxygens (including phenoxy) is 1. The summed E-state index contributed by atoms with van der Waals surface area (Å²) in [5.41, 5.74) is 6.40. The molecule has 1 fully saturated rings. The number of aliphatic hydroxyl groups is 1. The minimum atomic E-state index is -0.608. The zero-order chi connectivity index (χ0) is 14.4. The van der Waals surface area contributed by atoms with Crippen LogP contribution in [0.5, 0.6) is 0 Å². The van der Waals surface area contributed by atoms with E-state index in [4.69, 9.17) is 10.5 Å². The molecule has 1 aliphatic rings. The molecule has 0 aromatic heterocycles. The summed E-state index contributed by atoms with van der Waals surface area (Å²) in [6.07, 6.45) is 1.73. The number of hydrogen-bond acceptors (Lipinski definition) is 4. The SMILES string of the molecule is N[C@@H](Cc1ccccc1)C(=O)NC1(CO)CCOCC1. The quantitative estimate of drug-likeness (QED) is 0.719. The molecule has 1 amide bonds. The maximum Gasteiger partial charge on any atom is 0.237 e. The Morgan fingerprint density at radius 1 is 1.35 bits per heavy atom. The van der Waals surface area contributed by atoms with Crippen LogP contribution in [0.25, 0.3) is 0 Å². The molecule has 0 radical (unpaired) electrons. The molecule has 0 unspecified atom stereocenters. The fraction of sp³-hybridized carbons (Fsp3) is 0.533. The van der Waals surface area contributed by atoms with Gasteiger partial charge in [-0.25, -0.2) is 0 Å². The van der Waals surface area contributed by atoms with Gasteiger partial charge in [0.25, 0.3) is 0 Å². The molecule has 1 aromatic carbocycles. The lowest BCUT2D eigenvalue weighted by Crippen LogP contribution is -2.58. The number of nitrogens with two attached hydrogens (primary N) is 1. The van der Waals surface area contributed by atoms with Crippen molar-refractivity contribution in [2.45, 2.75) is 30.8 Å². The summed E-state index contributed by atoms with van der Waals surface area (Å²) in [6.45, 7) is 1.02. The predicted octanol–water partition coefficient (Wildman–Crippen LogP) is 0.214. The third kappa shape index (κ3) is 3.79. The van der Waals surface area contributed by atoms with Crippen molar-refractivity contribution in [1.82, 2.24) is 5.32 Å². The molecule has 1 saturated heterocycles. The summed E-state index contributed by atoms with van der Waals surface area (Å²) in [6, 6.07) is 9.06. The highest BCUT2D eigenvalue weighted by Gasteiger charge is 2.34. The first-order valence-electron chi connectivity index (χ1n) is 6.95. The zero-order valence-corrected chi connectivity index (χ0v) is 11.5. The predicted molar refractivity (Wildman–Crippen MR) is 76.1 cm³/mol. The molecular formula is C15H22N2O3. The van der Waals surface area contributed by atoms with Crippen LogP contribution >= 0.6 is 0 Å².